The largest absolute Gasteiger partial charge is 0.457 e. The van der Waals surface area contributed by atoms with Crippen molar-refractivity contribution < 1.29 is 9.66 Å². The minimum absolute atomic E-state index is 0.215. The molecular weight excluding hydrogens is 310 g/mol. The summed E-state index contributed by atoms with van der Waals surface area (Å²) < 4.78 is 5.60. The van der Waals surface area contributed by atoms with Crippen molar-refractivity contribution in [3.63, 3.8) is 0 Å². The van der Waals surface area contributed by atoms with E-state index >= 15 is 0 Å². The Kier molecular flexibility index (Phi) is 5.06. The molecule has 0 aromatic heterocycles. The first-order valence-electron chi connectivity index (χ1n) is 6.69. The van der Waals surface area contributed by atoms with Gasteiger partial charge in [0.15, 0.2) is 0 Å². The fourth-order valence-electron chi connectivity index (χ4n) is 1.75. The van der Waals surface area contributed by atoms with Crippen LogP contribution in [0.3, 0.4) is 0 Å². The van der Waals surface area contributed by atoms with E-state index in [-0.39, 0.29) is 17.1 Å². The molecule has 8 nitrogen and oxygen atoms in total. The lowest BCUT2D eigenvalue weighted by Gasteiger charge is -2.08. The number of aryl methyl sites for hydroxylation is 1. The van der Waals surface area contributed by atoms with Gasteiger partial charge in [-0.2, -0.15) is 15.6 Å². The number of nitrogens with zero attached hydrogens (tertiary/aromatic N) is 4. The number of nitrogens with one attached hydrogen (secondary N) is 1. The van der Waals surface area contributed by atoms with Crippen molar-refractivity contribution in [2.75, 3.05) is 5.43 Å². The van der Waals surface area contributed by atoms with Gasteiger partial charge in [0.25, 0.3) is 5.69 Å². The molecule has 24 heavy (non-hydrogen) atoms. The summed E-state index contributed by atoms with van der Waals surface area (Å²) in [6.45, 7) is 1.93. The number of ether oxygens (including phenoxy) is 1. The molecule has 0 amide bonds. The van der Waals surface area contributed by atoms with E-state index in [4.69, 9.17) is 15.3 Å². The Morgan fingerprint density at radius 3 is 2.42 bits per heavy atom. The van der Waals surface area contributed by atoms with E-state index in [1.54, 1.807) is 24.3 Å². The van der Waals surface area contributed by atoms with E-state index in [1.165, 1.54) is 18.2 Å². The first-order chi connectivity index (χ1) is 11.5. The SMILES string of the molecule is Cc1ccc(Oc2cc(NN=C(C#N)C#N)cc([N+](=O)[O-])c2)cc1. The highest BCUT2D eigenvalue weighted by atomic mass is 16.6. The first kappa shape index (κ1) is 16.5. The summed E-state index contributed by atoms with van der Waals surface area (Å²) in [5, 5.41) is 31.9. The van der Waals surface area contributed by atoms with Crippen molar-refractivity contribution in [3.05, 3.63) is 58.1 Å². The number of nitro benzene ring substituents is 1. The minimum Gasteiger partial charge on any atom is -0.457 e. The fourth-order valence-corrected chi connectivity index (χ4v) is 1.75. The van der Waals surface area contributed by atoms with Gasteiger partial charge in [0.05, 0.1) is 16.7 Å². The number of hydrazone groups is 1. The quantitative estimate of drug-likeness (QED) is 0.510. The van der Waals surface area contributed by atoms with Crippen LogP contribution in [0.1, 0.15) is 5.56 Å². The molecule has 118 valence electrons. The Morgan fingerprint density at radius 1 is 1.17 bits per heavy atom. The summed E-state index contributed by atoms with van der Waals surface area (Å²) in [5.74, 6) is 0.742. The second-order valence-corrected chi connectivity index (χ2v) is 4.68. The van der Waals surface area contributed by atoms with Gasteiger partial charge in [-0.3, -0.25) is 15.5 Å². The lowest BCUT2D eigenvalue weighted by atomic mass is 10.2. The van der Waals surface area contributed by atoms with Crippen LogP contribution in [-0.2, 0) is 0 Å². The topological polar surface area (TPSA) is 124 Å². The van der Waals surface area contributed by atoms with Crippen molar-refractivity contribution in [2.45, 2.75) is 6.92 Å². The van der Waals surface area contributed by atoms with Gasteiger partial charge in [-0.15, -0.1) is 0 Å². The molecule has 0 saturated heterocycles. The molecular formula is C16H11N5O3. The number of hydrogen-bond acceptors (Lipinski definition) is 7. The van der Waals surface area contributed by atoms with Crippen molar-refractivity contribution >= 4 is 17.1 Å². The molecule has 0 aliphatic heterocycles. The monoisotopic (exact) mass is 321 g/mol. The molecule has 0 heterocycles. The molecule has 0 aliphatic rings. The van der Waals surface area contributed by atoms with Gasteiger partial charge < -0.3 is 4.74 Å². The van der Waals surface area contributed by atoms with Gasteiger partial charge in [0.1, 0.15) is 23.6 Å². The molecule has 0 saturated carbocycles. The van der Waals surface area contributed by atoms with Crippen molar-refractivity contribution in [3.8, 4) is 23.6 Å². The normalized spacial score (nSPS) is 9.29. The zero-order valence-corrected chi connectivity index (χ0v) is 12.6. The molecule has 0 radical (unpaired) electrons. The maximum atomic E-state index is 11.0. The lowest BCUT2D eigenvalue weighted by Crippen LogP contribution is -1.98. The smallest absolute Gasteiger partial charge is 0.275 e. The van der Waals surface area contributed by atoms with E-state index in [2.05, 4.69) is 10.5 Å². The van der Waals surface area contributed by atoms with Crippen LogP contribution in [0.2, 0.25) is 0 Å². The third kappa shape index (κ3) is 4.29. The van der Waals surface area contributed by atoms with Crippen LogP contribution < -0.4 is 10.2 Å². The molecule has 0 atom stereocenters. The summed E-state index contributed by atoms with van der Waals surface area (Å²) in [5.41, 5.74) is 3.09. The number of hydrogen-bond donors (Lipinski definition) is 1. The van der Waals surface area contributed by atoms with Gasteiger partial charge in [0.2, 0.25) is 5.71 Å². The maximum Gasteiger partial charge on any atom is 0.275 e. The van der Waals surface area contributed by atoms with Crippen LogP contribution >= 0.6 is 0 Å². The van der Waals surface area contributed by atoms with E-state index in [1.807, 2.05) is 19.1 Å². The van der Waals surface area contributed by atoms with Gasteiger partial charge in [-0.25, -0.2) is 0 Å². The third-order valence-electron chi connectivity index (χ3n) is 2.87. The van der Waals surface area contributed by atoms with Crippen LogP contribution in [0, 0.1) is 39.7 Å². The number of nitro groups is 1. The average Bonchev–Trinajstić information content (AvgIpc) is 2.57. The second-order valence-electron chi connectivity index (χ2n) is 4.68. The minimum atomic E-state index is -0.577. The van der Waals surface area contributed by atoms with E-state index < -0.39 is 10.6 Å². The Balaban J connectivity index is 2.32. The second kappa shape index (κ2) is 7.38. The van der Waals surface area contributed by atoms with Crippen molar-refractivity contribution in [1.82, 2.24) is 0 Å². The maximum absolute atomic E-state index is 11.0. The Bertz CT molecular complexity index is 860. The lowest BCUT2D eigenvalue weighted by molar-refractivity contribution is -0.384. The fraction of sp³-hybridized carbons (Fsp3) is 0.0625. The molecule has 1 N–H and O–H groups in total. The summed E-state index contributed by atoms with van der Waals surface area (Å²) in [7, 11) is 0. The standard InChI is InChI=1S/C16H11N5O3/c1-11-2-4-15(5-3-11)24-16-7-12(6-14(8-16)21(22)23)19-20-13(9-17)10-18/h2-8,19H,1H3. The van der Waals surface area contributed by atoms with Gasteiger partial charge in [-0.1, -0.05) is 17.7 Å². The molecule has 0 bridgehead atoms. The zero-order chi connectivity index (χ0) is 17.5. The van der Waals surface area contributed by atoms with Gasteiger partial charge in [-0.05, 0) is 19.1 Å². The predicted molar refractivity (Wildman–Crippen MR) is 86.6 cm³/mol. The Morgan fingerprint density at radius 2 is 1.83 bits per heavy atom. The number of rotatable bonds is 5. The summed E-state index contributed by atoms with van der Waals surface area (Å²) in [6, 6.07) is 14.3. The van der Waals surface area contributed by atoms with Gasteiger partial charge in [0, 0.05) is 12.1 Å². The van der Waals surface area contributed by atoms with Crippen LogP contribution in [0.4, 0.5) is 11.4 Å². The number of non-ortho nitro benzene ring substituents is 1. The van der Waals surface area contributed by atoms with E-state index in [9.17, 15) is 10.1 Å². The molecule has 0 spiro atoms. The Hall–Kier alpha value is -3.91. The van der Waals surface area contributed by atoms with Crippen LogP contribution in [0.25, 0.3) is 0 Å². The molecule has 2 aromatic rings. The highest BCUT2D eigenvalue weighted by Gasteiger charge is 2.11. The average molecular weight is 321 g/mol. The molecule has 0 aliphatic carbocycles. The van der Waals surface area contributed by atoms with Gasteiger partial charge >= 0.3 is 0 Å². The zero-order valence-electron chi connectivity index (χ0n) is 12.6. The molecule has 0 fully saturated rings. The van der Waals surface area contributed by atoms with Crippen LogP contribution in [0.5, 0.6) is 11.5 Å². The highest BCUT2D eigenvalue weighted by Crippen LogP contribution is 2.29. The number of benzene rings is 2. The van der Waals surface area contributed by atoms with Crippen molar-refractivity contribution in [1.29, 1.82) is 10.5 Å². The molecule has 2 aromatic carbocycles. The van der Waals surface area contributed by atoms with Crippen LogP contribution in [-0.4, -0.2) is 10.6 Å². The number of anilines is 1. The molecule has 8 heteroatoms. The summed E-state index contributed by atoms with van der Waals surface area (Å²) in [6.07, 6.45) is 0. The van der Waals surface area contributed by atoms with Crippen molar-refractivity contribution in [2.24, 2.45) is 5.10 Å². The Labute approximate surface area is 137 Å². The van der Waals surface area contributed by atoms with E-state index in [0.717, 1.165) is 5.56 Å². The number of nitriles is 2. The molecule has 2 rings (SSSR count). The summed E-state index contributed by atoms with van der Waals surface area (Å²) in [4.78, 5) is 10.5. The predicted octanol–water partition coefficient (Wildman–Crippen LogP) is 3.51. The highest BCUT2D eigenvalue weighted by molar-refractivity contribution is 6.10. The third-order valence-corrected chi connectivity index (χ3v) is 2.87. The van der Waals surface area contributed by atoms with Crippen LogP contribution in [0.15, 0.2) is 47.6 Å². The summed E-state index contributed by atoms with van der Waals surface area (Å²) >= 11 is 0. The van der Waals surface area contributed by atoms with E-state index in [0.29, 0.717) is 5.75 Å². The first-order valence-corrected chi connectivity index (χ1v) is 6.69. The molecule has 0 unspecified atom stereocenters.